The molecule has 1 unspecified atom stereocenters. The predicted octanol–water partition coefficient (Wildman–Crippen LogP) is 4.77. The van der Waals surface area contributed by atoms with E-state index < -0.39 is 6.04 Å². The Morgan fingerprint density at radius 1 is 1.03 bits per heavy atom. The number of carbonyl (C=O) groups is 1. The van der Waals surface area contributed by atoms with Crippen LogP contribution in [-0.2, 0) is 4.74 Å². The molecular weight excluding hydrogens is 378 g/mol. The highest BCUT2D eigenvalue weighted by molar-refractivity contribution is 5.99. The standard InChI is InChI=1S/C25H27NO4/c1-15(2)29-13-5-12-26-22(18-9-6-16(3)7-10-18)21-23(27)19-11-8-17(4)14-20(19)30-24(21)25(26)28/h6-11,14-15,22H,5,12-13H2,1-4H3. The van der Waals surface area contributed by atoms with Gasteiger partial charge in [-0.05, 0) is 57.4 Å². The Hall–Kier alpha value is -2.92. The topological polar surface area (TPSA) is 59.8 Å². The van der Waals surface area contributed by atoms with Crippen molar-refractivity contribution >= 4 is 16.9 Å². The van der Waals surface area contributed by atoms with Gasteiger partial charge in [0.15, 0.2) is 5.43 Å². The minimum Gasteiger partial charge on any atom is -0.450 e. The summed E-state index contributed by atoms with van der Waals surface area (Å²) in [4.78, 5) is 28.5. The van der Waals surface area contributed by atoms with Gasteiger partial charge in [-0.25, -0.2) is 0 Å². The smallest absolute Gasteiger partial charge is 0.290 e. The Balaban J connectivity index is 1.81. The van der Waals surface area contributed by atoms with Crippen LogP contribution in [0.5, 0.6) is 0 Å². The summed E-state index contributed by atoms with van der Waals surface area (Å²) in [5.41, 5.74) is 3.78. The van der Waals surface area contributed by atoms with Gasteiger partial charge >= 0.3 is 0 Å². The number of aryl methyl sites for hydroxylation is 2. The molecule has 0 fully saturated rings. The molecule has 0 saturated carbocycles. The Morgan fingerprint density at radius 3 is 2.43 bits per heavy atom. The first-order valence-corrected chi connectivity index (χ1v) is 10.4. The lowest BCUT2D eigenvalue weighted by atomic mass is 9.97. The van der Waals surface area contributed by atoms with Crippen LogP contribution in [-0.4, -0.2) is 30.1 Å². The second-order valence-electron chi connectivity index (χ2n) is 8.26. The van der Waals surface area contributed by atoms with E-state index in [1.807, 2.05) is 64.1 Å². The Morgan fingerprint density at radius 2 is 1.73 bits per heavy atom. The molecule has 1 aliphatic heterocycles. The first kappa shape index (κ1) is 20.4. The van der Waals surface area contributed by atoms with E-state index in [9.17, 15) is 9.59 Å². The minimum absolute atomic E-state index is 0.133. The van der Waals surface area contributed by atoms with Crippen molar-refractivity contribution in [3.63, 3.8) is 0 Å². The molecule has 5 heteroatoms. The molecule has 156 valence electrons. The number of rotatable bonds is 6. The molecule has 2 heterocycles. The van der Waals surface area contributed by atoms with E-state index in [0.29, 0.717) is 36.1 Å². The van der Waals surface area contributed by atoms with Gasteiger partial charge in [-0.3, -0.25) is 9.59 Å². The first-order chi connectivity index (χ1) is 14.4. The fourth-order valence-electron chi connectivity index (χ4n) is 4.01. The van der Waals surface area contributed by atoms with E-state index in [-0.39, 0.29) is 23.2 Å². The molecule has 0 bridgehead atoms. The number of amides is 1. The summed E-state index contributed by atoms with van der Waals surface area (Å²) in [5.74, 6) is -0.0749. The summed E-state index contributed by atoms with van der Waals surface area (Å²) in [6, 6.07) is 13.0. The van der Waals surface area contributed by atoms with E-state index in [0.717, 1.165) is 16.7 Å². The van der Waals surface area contributed by atoms with Crippen LogP contribution in [0.15, 0.2) is 51.7 Å². The highest BCUT2D eigenvalue weighted by Gasteiger charge is 2.42. The highest BCUT2D eigenvalue weighted by Crippen LogP contribution is 2.38. The van der Waals surface area contributed by atoms with Gasteiger partial charge < -0.3 is 14.1 Å². The van der Waals surface area contributed by atoms with Crippen LogP contribution in [0.4, 0.5) is 0 Å². The zero-order valence-electron chi connectivity index (χ0n) is 17.9. The first-order valence-electron chi connectivity index (χ1n) is 10.4. The van der Waals surface area contributed by atoms with Gasteiger partial charge in [-0.2, -0.15) is 0 Å². The van der Waals surface area contributed by atoms with Crippen molar-refractivity contribution in [2.24, 2.45) is 0 Å². The Bertz CT molecular complexity index is 1140. The van der Waals surface area contributed by atoms with E-state index in [1.165, 1.54) is 0 Å². The molecule has 1 atom stereocenters. The van der Waals surface area contributed by atoms with E-state index in [4.69, 9.17) is 9.15 Å². The van der Waals surface area contributed by atoms with Crippen molar-refractivity contribution < 1.29 is 13.9 Å². The largest absolute Gasteiger partial charge is 0.450 e. The number of hydrogen-bond donors (Lipinski definition) is 0. The quantitative estimate of drug-likeness (QED) is 0.554. The van der Waals surface area contributed by atoms with Crippen LogP contribution in [0.1, 0.15) is 59.1 Å². The van der Waals surface area contributed by atoms with Gasteiger partial charge in [0.25, 0.3) is 5.91 Å². The van der Waals surface area contributed by atoms with Gasteiger partial charge in [0.05, 0.1) is 23.1 Å². The predicted molar refractivity (Wildman–Crippen MR) is 117 cm³/mol. The zero-order valence-corrected chi connectivity index (χ0v) is 17.9. The van der Waals surface area contributed by atoms with Crippen molar-refractivity contribution in [2.75, 3.05) is 13.2 Å². The molecule has 1 amide bonds. The maximum atomic E-state index is 13.4. The number of carbonyl (C=O) groups excluding carboxylic acids is 1. The fourth-order valence-corrected chi connectivity index (χ4v) is 4.01. The highest BCUT2D eigenvalue weighted by atomic mass is 16.5. The van der Waals surface area contributed by atoms with Crippen LogP contribution >= 0.6 is 0 Å². The molecule has 1 aromatic heterocycles. The summed E-state index contributed by atoms with van der Waals surface area (Å²) < 4.78 is 11.7. The van der Waals surface area contributed by atoms with Crippen LogP contribution < -0.4 is 5.43 Å². The third-order valence-electron chi connectivity index (χ3n) is 5.51. The van der Waals surface area contributed by atoms with Crippen molar-refractivity contribution in [1.82, 2.24) is 4.90 Å². The average Bonchev–Trinajstić information content (AvgIpc) is 2.98. The molecule has 30 heavy (non-hydrogen) atoms. The number of benzene rings is 2. The number of fused-ring (bicyclic) bond motifs is 2. The Labute approximate surface area is 176 Å². The molecule has 4 rings (SSSR count). The number of nitrogens with zero attached hydrogens (tertiary/aromatic N) is 1. The Kier molecular flexibility index (Phi) is 5.48. The molecule has 3 aromatic rings. The number of hydrogen-bond acceptors (Lipinski definition) is 4. The van der Waals surface area contributed by atoms with Crippen molar-refractivity contribution in [3.05, 3.63) is 80.7 Å². The average molecular weight is 405 g/mol. The van der Waals surface area contributed by atoms with Crippen molar-refractivity contribution in [3.8, 4) is 0 Å². The third kappa shape index (κ3) is 3.65. The molecule has 0 spiro atoms. The van der Waals surface area contributed by atoms with Gasteiger partial charge in [0.1, 0.15) is 5.58 Å². The van der Waals surface area contributed by atoms with Crippen molar-refractivity contribution in [1.29, 1.82) is 0 Å². The van der Waals surface area contributed by atoms with Crippen LogP contribution in [0, 0.1) is 13.8 Å². The maximum absolute atomic E-state index is 13.4. The molecule has 0 aliphatic carbocycles. The van der Waals surface area contributed by atoms with E-state index >= 15 is 0 Å². The molecule has 0 radical (unpaired) electrons. The number of ether oxygens (including phenoxy) is 1. The molecule has 0 N–H and O–H groups in total. The summed E-state index contributed by atoms with van der Waals surface area (Å²) in [6.07, 6.45) is 0.828. The third-order valence-corrected chi connectivity index (χ3v) is 5.51. The lowest BCUT2D eigenvalue weighted by Crippen LogP contribution is -2.31. The molecule has 0 saturated heterocycles. The van der Waals surface area contributed by atoms with Gasteiger partial charge in [-0.15, -0.1) is 0 Å². The zero-order chi connectivity index (χ0) is 21.4. The maximum Gasteiger partial charge on any atom is 0.290 e. The SMILES string of the molecule is Cc1ccc(C2c3c(oc4cc(C)ccc4c3=O)C(=O)N2CCCOC(C)C)cc1. The summed E-state index contributed by atoms with van der Waals surface area (Å²) in [5, 5.41) is 0.509. The second kappa shape index (κ2) is 8.07. The van der Waals surface area contributed by atoms with E-state index in [1.54, 1.807) is 11.0 Å². The summed E-state index contributed by atoms with van der Waals surface area (Å²) >= 11 is 0. The van der Waals surface area contributed by atoms with Gasteiger partial charge in [-0.1, -0.05) is 35.9 Å². The van der Waals surface area contributed by atoms with Crippen LogP contribution in [0.2, 0.25) is 0 Å². The van der Waals surface area contributed by atoms with Crippen LogP contribution in [0.3, 0.4) is 0 Å². The normalized spacial score (nSPS) is 16.0. The summed E-state index contributed by atoms with van der Waals surface area (Å²) in [7, 11) is 0. The van der Waals surface area contributed by atoms with Gasteiger partial charge in [0, 0.05) is 13.2 Å². The molecule has 5 nitrogen and oxygen atoms in total. The molecule has 1 aliphatic rings. The van der Waals surface area contributed by atoms with E-state index in [2.05, 4.69) is 0 Å². The second-order valence-corrected chi connectivity index (χ2v) is 8.26. The van der Waals surface area contributed by atoms with Gasteiger partial charge in [0.2, 0.25) is 5.76 Å². The molecular formula is C25H27NO4. The lowest BCUT2D eigenvalue weighted by molar-refractivity contribution is 0.0593. The summed E-state index contributed by atoms with van der Waals surface area (Å²) in [6.45, 7) is 8.97. The van der Waals surface area contributed by atoms with Crippen LogP contribution in [0.25, 0.3) is 11.0 Å². The monoisotopic (exact) mass is 405 g/mol. The van der Waals surface area contributed by atoms with Crippen molar-refractivity contribution in [2.45, 2.75) is 46.3 Å². The fraction of sp³-hybridized carbons (Fsp3) is 0.360. The molecule has 2 aromatic carbocycles. The lowest BCUT2D eigenvalue weighted by Gasteiger charge is -2.25. The minimum atomic E-state index is -0.450.